The van der Waals surface area contributed by atoms with Crippen molar-refractivity contribution in [3.05, 3.63) is 53.1 Å². The third kappa shape index (κ3) is 5.10. The zero-order chi connectivity index (χ0) is 22.6. The largest absolute Gasteiger partial charge is 0.493 e. The van der Waals surface area contributed by atoms with Crippen LogP contribution in [0.2, 0.25) is 5.02 Å². The summed E-state index contributed by atoms with van der Waals surface area (Å²) in [5.74, 6) is 1.29. The number of rotatable bonds is 6. The maximum atomic E-state index is 12.7. The smallest absolute Gasteiger partial charge is 0.234 e. The van der Waals surface area contributed by atoms with Crippen LogP contribution in [-0.4, -0.2) is 42.3 Å². The fraction of sp³-hybridized carbons (Fsp3) is 0.375. The van der Waals surface area contributed by atoms with Crippen molar-refractivity contribution in [3.8, 4) is 11.5 Å². The first kappa shape index (κ1) is 22.7. The average Bonchev–Trinajstić information content (AvgIpc) is 3.16. The number of carbonyl (C=O) groups is 1. The Morgan fingerprint density at radius 3 is 2.44 bits per heavy atom. The van der Waals surface area contributed by atoms with Crippen molar-refractivity contribution in [1.82, 2.24) is 0 Å². The Balaban J connectivity index is 1.48. The molecule has 0 radical (unpaired) electrons. The molecule has 1 N–H and O–H groups in total. The van der Waals surface area contributed by atoms with Gasteiger partial charge in [-0.1, -0.05) is 41.9 Å². The number of anilines is 1. The van der Waals surface area contributed by atoms with Gasteiger partial charge in [-0.15, -0.1) is 0 Å². The zero-order valence-corrected chi connectivity index (χ0v) is 19.8. The number of aliphatic imine (C=N–C) groups is 2. The summed E-state index contributed by atoms with van der Waals surface area (Å²) in [6.07, 6.45) is 5.37. The number of hydrogen-bond donors (Lipinski definition) is 1. The van der Waals surface area contributed by atoms with E-state index in [1.165, 1.54) is 18.2 Å². The Morgan fingerprint density at radius 1 is 1.03 bits per heavy atom. The summed E-state index contributed by atoms with van der Waals surface area (Å²) in [4.78, 5) is 22.7. The van der Waals surface area contributed by atoms with Crippen molar-refractivity contribution in [3.63, 3.8) is 0 Å². The number of carbonyl (C=O) groups excluding carboxylic acids is 1. The lowest BCUT2D eigenvalue weighted by atomic mass is 9.90. The molecule has 1 aliphatic carbocycles. The van der Waals surface area contributed by atoms with Gasteiger partial charge < -0.3 is 14.8 Å². The Morgan fingerprint density at radius 2 is 1.75 bits per heavy atom. The second-order valence-electron chi connectivity index (χ2n) is 7.83. The summed E-state index contributed by atoms with van der Waals surface area (Å²) in [6, 6.07) is 12.9. The van der Waals surface area contributed by atoms with Crippen LogP contribution in [0.1, 0.15) is 37.7 Å². The number of thioether (sulfide) groups is 1. The van der Waals surface area contributed by atoms with E-state index < -0.39 is 0 Å². The topological polar surface area (TPSA) is 72.3 Å². The number of nitrogens with one attached hydrogen (secondary N) is 1. The minimum absolute atomic E-state index is 0.120. The lowest BCUT2D eigenvalue weighted by molar-refractivity contribution is -0.113. The van der Waals surface area contributed by atoms with Crippen LogP contribution in [-0.2, 0) is 4.79 Å². The number of hydrogen-bond acceptors (Lipinski definition) is 6. The molecule has 0 unspecified atom stereocenters. The van der Waals surface area contributed by atoms with Gasteiger partial charge >= 0.3 is 0 Å². The highest BCUT2D eigenvalue weighted by Crippen LogP contribution is 2.39. The second-order valence-corrected chi connectivity index (χ2v) is 9.23. The monoisotopic (exact) mass is 471 g/mol. The molecule has 0 saturated heterocycles. The minimum Gasteiger partial charge on any atom is -0.493 e. The van der Waals surface area contributed by atoms with E-state index >= 15 is 0 Å². The predicted octanol–water partition coefficient (Wildman–Crippen LogP) is 5.59. The highest BCUT2D eigenvalue weighted by atomic mass is 35.5. The zero-order valence-electron chi connectivity index (χ0n) is 18.2. The van der Waals surface area contributed by atoms with E-state index in [9.17, 15) is 4.79 Å². The Labute approximate surface area is 197 Å². The van der Waals surface area contributed by atoms with Crippen molar-refractivity contribution in [1.29, 1.82) is 0 Å². The maximum absolute atomic E-state index is 12.7. The first-order valence-electron chi connectivity index (χ1n) is 10.6. The summed E-state index contributed by atoms with van der Waals surface area (Å²) in [6.45, 7) is 0. The second kappa shape index (κ2) is 9.96. The van der Waals surface area contributed by atoms with Crippen LogP contribution in [0.5, 0.6) is 11.5 Å². The number of halogens is 1. The van der Waals surface area contributed by atoms with Crippen LogP contribution < -0.4 is 14.8 Å². The molecule has 2 aliphatic rings. The Hall–Kier alpha value is -2.51. The quantitative estimate of drug-likeness (QED) is 0.596. The van der Waals surface area contributed by atoms with Crippen molar-refractivity contribution in [2.45, 2.75) is 37.8 Å². The normalized spacial score (nSPS) is 17.0. The van der Waals surface area contributed by atoms with Crippen LogP contribution in [0, 0.1) is 0 Å². The van der Waals surface area contributed by atoms with Crippen LogP contribution in [0.15, 0.2) is 52.4 Å². The van der Waals surface area contributed by atoms with Gasteiger partial charge in [0.25, 0.3) is 0 Å². The molecule has 2 aromatic carbocycles. The fourth-order valence-corrected chi connectivity index (χ4v) is 5.01. The predicted molar refractivity (Wildman–Crippen MR) is 132 cm³/mol. The molecular formula is C24H26ClN3O3S. The number of amides is 1. The van der Waals surface area contributed by atoms with Gasteiger partial charge in [-0.2, -0.15) is 0 Å². The maximum Gasteiger partial charge on any atom is 0.234 e. The molecule has 1 amide bonds. The third-order valence-corrected chi connectivity index (χ3v) is 6.83. The molecule has 0 bridgehead atoms. The van der Waals surface area contributed by atoms with E-state index in [-0.39, 0.29) is 17.3 Å². The summed E-state index contributed by atoms with van der Waals surface area (Å²) in [5, 5.41) is 4.41. The summed E-state index contributed by atoms with van der Waals surface area (Å²) >= 11 is 7.49. The van der Waals surface area contributed by atoms with Crippen LogP contribution >= 0.6 is 23.4 Å². The Bertz CT molecular complexity index is 1050. The molecule has 1 aliphatic heterocycles. The molecule has 4 rings (SSSR count). The number of nitrogens with zero attached hydrogens (tertiary/aromatic N) is 2. The molecule has 168 valence electrons. The third-order valence-electron chi connectivity index (χ3n) is 5.61. The van der Waals surface area contributed by atoms with Gasteiger partial charge in [-0.25, -0.2) is 4.99 Å². The van der Waals surface area contributed by atoms with E-state index in [1.807, 2.05) is 24.3 Å². The van der Waals surface area contributed by atoms with E-state index in [0.717, 1.165) is 42.0 Å². The molecule has 2 aromatic rings. The van der Waals surface area contributed by atoms with E-state index in [4.69, 9.17) is 31.1 Å². The minimum atomic E-state index is -0.380. The first-order valence-corrected chi connectivity index (χ1v) is 12.0. The lowest BCUT2D eigenvalue weighted by Crippen LogP contribution is -2.25. The Kier molecular flexibility index (Phi) is 7.06. The van der Waals surface area contributed by atoms with Crippen LogP contribution in [0.25, 0.3) is 0 Å². The molecule has 0 aromatic heterocycles. The van der Waals surface area contributed by atoms with E-state index in [2.05, 4.69) is 5.32 Å². The van der Waals surface area contributed by atoms with Gasteiger partial charge in [-0.05, 0) is 49.9 Å². The number of benzene rings is 2. The van der Waals surface area contributed by atoms with Crippen LogP contribution in [0.3, 0.4) is 0 Å². The SMILES string of the molecule is COc1ccc(NC(=O)CSC2=NC3(CCCCC3)N=C2c2ccc(Cl)cc2)cc1OC. The number of methoxy groups -OCH3 is 2. The average molecular weight is 472 g/mol. The molecule has 1 fully saturated rings. The van der Waals surface area contributed by atoms with Gasteiger partial charge in [0.1, 0.15) is 5.04 Å². The van der Waals surface area contributed by atoms with E-state index in [1.54, 1.807) is 32.4 Å². The van der Waals surface area contributed by atoms with Gasteiger partial charge in [-0.3, -0.25) is 9.79 Å². The van der Waals surface area contributed by atoms with Crippen LogP contribution in [0.4, 0.5) is 5.69 Å². The van der Waals surface area contributed by atoms with Crippen molar-refractivity contribution in [2.75, 3.05) is 25.3 Å². The fourth-order valence-electron chi connectivity index (χ4n) is 4.01. The van der Waals surface area contributed by atoms with Gasteiger partial charge in [0, 0.05) is 22.3 Å². The summed E-state index contributed by atoms with van der Waals surface area (Å²) < 4.78 is 10.6. The van der Waals surface area contributed by atoms with Crippen molar-refractivity contribution < 1.29 is 14.3 Å². The molecular weight excluding hydrogens is 446 g/mol. The van der Waals surface area contributed by atoms with E-state index in [0.29, 0.717) is 22.2 Å². The van der Waals surface area contributed by atoms with Gasteiger partial charge in [0.15, 0.2) is 17.2 Å². The van der Waals surface area contributed by atoms with Gasteiger partial charge in [0.05, 0.1) is 25.7 Å². The first-order chi connectivity index (χ1) is 15.5. The molecule has 8 heteroatoms. The summed E-state index contributed by atoms with van der Waals surface area (Å²) in [5.41, 5.74) is 2.10. The highest BCUT2D eigenvalue weighted by molar-refractivity contribution is 8.16. The molecule has 0 atom stereocenters. The van der Waals surface area contributed by atoms with Gasteiger partial charge in [0.2, 0.25) is 5.91 Å². The molecule has 1 spiro atoms. The summed E-state index contributed by atoms with van der Waals surface area (Å²) in [7, 11) is 3.14. The standard InChI is InChI=1S/C24H26ClN3O3S/c1-30-19-11-10-18(14-20(19)31-2)26-21(29)15-32-23-22(16-6-8-17(25)9-7-16)27-24(28-23)12-4-3-5-13-24/h6-11,14H,3-5,12-13,15H2,1-2H3,(H,26,29). The molecule has 1 heterocycles. The van der Waals surface area contributed by atoms with Crippen molar-refractivity contribution >= 4 is 45.7 Å². The number of ether oxygens (including phenoxy) is 2. The molecule has 32 heavy (non-hydrogen) atoms. The van der Waals surface area contributed by atoms with Crippen molar-refractivity contribution in [2.24, 2.45) is 9.98 Å². The highest BCUT2D eigenvalue weighted by Gasteiger charge is 2.37. The lowest BCUT2D eigenvalue weighted by Gasteiger charge is -2.27. The molecule has 6 nitrogen and oxygen atoms in total. The molecule has 1 saturated carbocycles.